The van der Waals surface area contributed by atoms with Gasteiger partial charge in [0.1, 0.15) is 34.6 Å². The monoisotopic (exact) mass is 793 g/mol. The van der Waals surface area contributed by atoms with Crippen molar-refractivity contribution in [2.24, 2.45) is 5.92 Å². The first-order valence-electron chi connectivity index (χ1n) is 19.9. The zero-order valence-corrected chi connectivity index (χ0v) is 33.1. The number of Topliss-reactive ketones (excluding diaryl/α,β-unsaturated/α-hetero) is 1. The molecule has 304 valence electrons. The molecular weight excluding hydrogens is 746 g/mol. The molecule has 4 atom stereocenters. The number of aldehydes is 1. The third-order valence-electron chi connectivity index (χ3n) is 12.3. The number of aromatic amines is 1. The number of fused-ring (bicyclic) bond motifs is 2. The Kier molecular flexibility index (Phi) is 10.8. The number of nitrogens with zero attached hydrogens (tertiary/aromatic N) is 5. The number of hydrogen-bond donors (Lipinski definition) is 2. The second kappa shape index (κ2) is 15.9. The van der Waals surface area contributed by atoms with Crippen LogP contribution in [0, 0.1) is 11.7 Å². The number of ether oxygens (including phenoxy) is 2. The summed E-state index contributed by atoms with van der Waals surface area (Å²) in [5, 5.41) is 2.70. The number of H-pyrrole nitrogens is 1. The smallest absolute Gasteiger partial charge is 0.262 e. The molecule has 8 rings (SSSR count). The zero-order chi connectivity index (χ0) is 40.8. The summed E-state index contributed by atoms with van der Waals surface area (Å²) in [4.78, 5) is 78.6. The number of benzene rings is 3. The Morgan fingerprint density at radius 1 is 0.966 bits per heavy atom. The number of nitrogens with one attached hydrogen (secondary N) is 2. The van der Waals surface area contributed by atoms with Crippen molar-refractivity contribution in [3.05, 3.63) is 75.8 Å². The van der Waals surface area contributed by atoms with Crippen LogP contribution in [-0.2, 0) is 25.7 Å². The molecule has 0 spiro atoms. The molecule has 0 bridgehead atoms. The molecule has 4 aliphatic rings. The summed E-state index contributed by atoms with van der Waals surface area (Å²) in [5.74, 6) is -0.0608. The maximum absolute atomic E-state index is 16.0. The molecule has 3 saturated heterocycles. The Morgan fingerprint density at radius 3 is 2.34 bits per heavy atom. The number of rotatable bonds is 10. The van der Waals surface area contributed by atoms with Gasteiger partial charge >= 0.3 is 0 Å². The molecule has 2 N–H and O–H groups in total. The van der Waals surface area contributed by atoms with E-state index in [-0.39, 0.29) is 49.2 Å². The molecule has 0 radical (unpaired) electrons. The molecule has 15 heteroatoms. The number of aromatic nitrogens is 2. The summed E-state index contributed by atoms with van der Waals surface area (Å²) in [5.41, 5.74) is 3.59. The molecule has 5 heterocycles. The van der Waals surface area contributed by atoms with Gasteiger partial charge in [0.2, 0.25) is 17.6 Å². The van der Waals surface area contributed by atoms with E-state index >= 15 is 4.39 Å². The van der Waals surface area contributed by atoms with Crippen molar-refractivity contribution in [1.82, 2.24) is 25.1 Å². The number of imide groups is 1. The highest BCUT2D eigenvalue weighted by Crippen LogP contribution is 2.42. The first-order chi connectivity index (χ1) is 28.0. The molecule has 58 heavy (non-hydrogen) atoms. The van der Waals surface area contributed by atoms with Gasteiger partial charge in [0, 0.05) is 81.2 Å². The Hall–Kier alpha value is -5.67. The normalized spacial score (nSPS) is 23.2. The lowest BCUT2D eigenvalue weighted by molar-refractivity contribution is -0.141. The maximum Gasteiger partial charge on any atom is 0.262 e. The predicted octanol–water partition coefficient (Wildman–Crippen LogP) is 3.99. The van der Waals surface area contributed by atoms with Crippen LogP contribution in [0.5, 0.6) is 11.5 Å². The van der Waals surface area contributed by atoms with Crippen molar-refractivity contribution in [3.8, 4) is 22.9 Å². The number of methoxy groups -OCH3 is 2. The fraction of sp³-hybridized carbons (Fsp3) is 0.442. The van der Waals surface area contributed by atoms with E-state index in [4.69, 9.17) is 14.5 Å². The minimum absolute atomic E-state index is 0.0288. The first kappa shape index (κ1) is 39.2. The lowest BCUT2D eigenvalue weighted by Gasteiger charge is -2.47. The van der Waals surface area contributed by atoms with Crippen LogP contribution in [0.15, 0.2) is 53.3 Å². The van der Waals surface area contributed by atoms with Crippen LogP contribution < -0.4 is 30.1 Å². The van der Waals surface area contributed by atoms with E-state index in [0.29, 0.717) is 51.0 Å². The fourth-order valence-corrected chi connectivity index (χ4v) is 9.60. The van der Waals surface area contributed by atoms with Crippen LogP contribution in [0.1, 0.15) is 56.7 Å². The average Bonchev–Trinajstić information content (AvgIpc) is 3.57. The molecule has 0 saturated carbocycles. The molecule has 4 aromatic rings. The number of halogens is 1. The molecule has 3 aromatic carbocycles. The van der Waals surface area contributed by atoms with Gasteiger partial charge in [-0.25, -0.2) is 9.37 Å². The minimum Gasteiger partial charge on any atom is -0.497 e. The van der Waals surface area contributed by atoms with Crippen molar-refractivity contribution in [2.75, 3.05) is 56.7 Å². The van der Waals surface area contributed by atoms with E-state index in [1.807, 2.05) is 12.1 Å². The van der Waals surface area contributed by atoms with Crippen LogP contribution in [0.2, 0.25) is 0 Å². The van der Waals surface area contributed by atoms with Crippen LogP contribution >= 0.6 is 0 Å². The summed E-state index contributed by atoms with van der Waals surface area (Å²) in [6, 6.07) is 12.8. The van der Waals surface area contributed by atoms with Gasteiger partial charge in [0.05, 0.1) is 31.5 Å². The van der Waals surface area contributed by atoms with E-state index in [0.717, 1.165) is 56.8 Å². The van der Waals surface area contributed by atoms with Crippen LogP contribution in [0.4, 0.5) is 15.8 Å². The van der Waals surface area contributed by atoms with Crippen LogP contribution in [-0.4, -0.2) is 109 Å². The Labute approximate surface area is 335 Å². The van der Waals surface area contributed by atoms with E-state index < -0.39 is 29.6 Å². The molecule has 0 aliphatic carbocycles. The van der Waals surface area contributed by atoms with Gasteiger partial charge in [0.25, 0.3) is 5.56 Å². The summed E-state index contributed by atoms with van der Waals surface area (Å²) in [6.45, 7) is 8.55. The third kappa shape index (κ3) is 7.32. The second-order valence-electron chi connectivity index (χ2n) is 16.0. The highest BCUT2D eigenvalue weighted by molar-refractivity contribution is 6.27. The largest absolute Gasteiger partial charge is 0.497 e. The SMILES string of the molecule is COc1cc(OC)c2c(=O)[nH]c(-c3ccc(N4CCC(CN5CC(C)N(c6cc7c(cc6F)CN(C6CCC(=O)NC6=O)C7C(=O)C=O)C(C)C5)CC4)cc3)nc2c1. The topological polar surface area (TPSA) is 157 Å². The van der Waals surface area contributed by atoms with Crippen molar-refractivity contribution in [3.63, 3.8) is 0 Å². The molecule has 1 aromatic heterocycles. The number of anilines is 2. The van der Waals surface area contributed by atoms with Gasteiger partial charge in [-0.1, -0.05) is 0 Å². The number of carbonyl (C=O) groups excluding carboxylic acids is 4. The fourth-order valence-electron chi connectivity index (χ4n) is 9.60. The lowest BCUT2D eigenvalue weighted by Crippen LogP contribution is -2.58. The summed E-state index contributed by atoms with van der Waals surface area (Å²) in [7, 11) is 3.07. The standard InChI is InChI=1S/C43H48FN7O7/c1-24-19-48(20-25(2)51(24)35-18-31-28(15-32(35)44)22-50(40(31)36(53)23-52)34-9-10-38(54)46-42(34)55)21-26-11-13-49(14-12-26)29-7-5-27(6-8-29)41-45-33-16-30(57-3)17-37(58-4)39(33)43(56)47-41/h5-8,15-18,23-26,34,40H,9-14,19-22H2,1-4H3,(H,45,47,56)(H,46,54,55). The number of ketones is 1. The highest BCUT2D eigenvalue weighted by atomic mass is 19.1. The number of hydrogen-bond acceptors (Lipinski definition) is 12. The number of piperidine rings is 2. The highest BCUT2D eigenvalue weighted by Gasteiger charge is 2.44. The van der Waals surface area contributed by atoms with Gasteiger partial charge < -0.3 is 24.3 Å². The van der Waals surface area contributed by atoms with Gasteiger partial charge in [0.15, 0.2) is 6.29 Å². The average molecular weight is 794 g/mol. The number of carbonyl (C=O) groups is 4. The van der Waals surface area contributed by atoms with Crippen molar-refractivity contribution < 1.29 is 33.0 Å². The van der Waals surface area contributed by atoms with E-state index in [9.17, 15) is 24.0 Å². The number of piperazine rings is 1. The quantitative estimate of drug-likeness (QED) is 0.135. The van der Waals surface area contributed by atoms with Crippen molar-refractivity contribution in [2.45, 2.75) is 70.2 Å². The molecule has 14 nitrogen and oxygen atoms in total. The molecule has 3 fully saturated rings. The summed E-state index contributed by atoms with van der Waals surface area (Å²) in [6.07, 6.45) is 2.67. The zero-order valence-electron chi connectivity index (χ0n) is 33.1. The first-order valence-corrected chi connectivity index (χ1v) is 19.9. The van der Waals surface area contributed by atoms with Crippen LogP contribution in [0.3, 0.4) is 0 Å². The van der Waals surface area contributed by atoms with Crippen molar-refractivity contribution >= 4 is 46.2 Å². The van der Waals surface area contributed by atoms with Gasteiger partial charge in [-0.05, 0) is 86.6 Å². The minimum atomic E-state index is -1.02. The van der Waals surface area contributed by atoms with Crippen LogP contribution in [0.25, 0.3) is 22.3 Å². The maximum atomic E-state index is 16.0. The van der Waals surface area contributed by atoms with Gasteiger partial charge in [-0.2, -0.15) is 0 Å². The molecular formula is C43H48FN7O7. The number of amides is 2. The molecule has 4 aliphatic heterocycles. The van der Waals surface area contributed by atoms with E-state index in [2.05, 4.69) is 51.0 Å². The molecule has 4 unspecified atom stereocenters. The second-order valence-corrected chi connectivity index (χ2v) is 16.0. The third-order valence-corrected chi connectivity index (χ3v) is 12.3. The van der Waals surface area contributed by atoms with E-state index in [1.165, 1.54) is 13.2 Å². The Balaban J connectivity index is 0.896. The summed E-state index contributed by atoms with van der Waals surface area (Å²) < 4.78 is 26.8. The van der Waals surface area contributed by atoms with E-state index in [1.54, 1.807) is 30.2 Å². The summed E-state index contributed by atoms with van der Waals surface area (Å²) >= 11 is 0. The van der Waals surface area contributed by atoms with Gasteiger partial charge in [-0.15, -0.1) is 0 Å². The van der Waals surface area contributed by atoms with Crippen molar-refractivity contribution in [1.29, 1.82) is 0 Å². The Morgan fingerprint density at radius 2 is 1.69 bits per heavy atom. The van der Waals surface area contributed by atoms with Gasteiger partial charge in [-0.3, -0.25) is 39.1 Å². The molecule has 2 amide bonds. The lowest BCUT2D eigenvalue weighted by atomic mass is 9.94. The Bertz CT molecular complexity index is 2310. The predicted molar refractivity (Wildman–Crippen MR) is 216 cm³/mol.